The van der Waals surface area contributed by atoms with Gasteiger partial charge in [0, 0.05) is 24.9 Å². The quantitative estimate of drug-likeness (QED) is 0.621. The highest BCUT2D eigenvalue weighted by Crippen LogP contribution is 2.37. The smallest absolute Gasteiger partial charge is 0.344 e. The molecular formula is C21H18ClFN2O6. The van der Waals surface area contributed by atoms with Crippen molar-refractivity contribution in [2.75, 3.05) is 0 Å². The van der Waals surface area contributed by atoms with Gasteiger partial charge in [0.2, 0.25) is 0 Å². The van der Waals surface area contributed by atoms with Gasteiger partial charge in [0.25, 0.3) is 5.56 Å². The Balaban J connectivity index is 2.09. The summed E-state index contributed by atoms with van der Waals surface area (Å²) in [7, 11) is 1.45. The highest BCUT2D eigenvalue weighted by atomic mass is 35.5. The highest BCUT2D eigenvalue weighted by molar-refractivity contribution is 6.32. The number of aryl methyl sites for hydroxylation is 1. The fourth-order valence-corrected chi connectivity index (χ4v) is 2.91. The minimum Gasteiger partial charge on any atom is -0.479 e. The van der Waals surface area contributed by atoms with Crippen molar-refractivity contribution in [3.8, 4) is 22.9 Å². The second kappa shape index (κ2) is 8.65. The zero-order valence-corrected chi connectivity index (χ0v) is 17.5. The molecule has 1 atom stereocenters. The molecule has 0 spiro atoms. The van der Waals surface area contributed by atoms with Crippen LogP contribution < -0.4 is 20.7 Å². The predicted octanol–water partition coefficient (Wildman–Crippen LogP) is 3.28. The Kier molecular flexibility index (Phi) is 6.16. The van der Waals surface area contributed by atoms with Gasteiger partial charge < -0.3 is 19.1 Å². The molecule has 31 heavy (non-hydrogen) atoms. The van der Waals surface area contributed by atoms with Gasteiger partial charge in [-0.3, -0.25) is 4.79 Å². The molecule has 0 aliphatic carbocycles. The average molecular weight is 449 g/mol. The van der Waals surface area contributed by atoms with Crippen LogP contribution in [0, 0.1) is 12.7 Å². The first kappa shape index (κ1) is 22.1. The number of benzene rings is 2. The standard InChI is InChI=1S/C21H18ClFN2O6/c1-11-8-19(26)25(21(29)24(11)3)15-10-18(13(22)9-14(15)23)31-17-7-5-4-6-16(17)30-12(2)20(27)28/h4-10,12H,1-3H3,(H,27,28). The molecule has 0 aliphatic rings. The summed E-state index contributed by atoms with van der Waals surface area (Å²) in [6.45, 7) is 2.93. The van der Waals surface area contributed by atoms with E-state index in [4.69, 9.17) is 26.2 Å². The Labute approximate surface area is 180 Å². The first-order valence-electron chi connectivity index (χ1n) is 9.05. The van der Waals surface area contributed by atoms with Gasteiger partial charge in [-0.05, 0) is 32.0 Å². The lowest BCUT2D eigenvalue weighted by atomic mass is 10.2. The van der Waals surface area contributed by atoms with Gasteiger partial charge in [-0.25, -0.2) is 18.5 Å². The van der Waals surface area contributed by atoms with Crippen molar-refractivity contribution < 1.29 is 23.8 Å². The summed E-state index contributed by atoms with van der Waals surface area (Å²) in [5.41, 5.74) is -1.39. The largest absolute Gasteiger partial charge is 0.479 e. The maximum absolute atomic E-state index is 14.6. The Hall–Kier alpha value is -3.59. The van der Waals surface area contributed by atoms with E-state index in [2.05, 4.69) is 0 Å². The predicted molar refractivity (Wildman–Crippen MR) is 111 cm³/mol. The fourth-order valence-electron chi connectivity index (χ4n) is 2.72. The number of para-hydroxylation sites is 2. The number of aromatic nitrogens is 2. The monoisotopic (exact) mass is 448 g/mol. The molecule has 0 saturated heterocycles. The third-order valence-corrected chi connectivity index (χ3v) is 4.82. The first-order valence-corrected chi connectivity index (χ1v) is 9.43. The minimum absolute atomic E-state index is 0.0633. The van der Waals surface area contributed by atoms with E-state index >= 15 is 0 Å². The number of nitrogens with zero attached hydrogens (tertiary/aromatic N) is 2. The molecule has 0 bridgehead atoms. The number of carbonyl (C=O) groups is 1. The van der Waals surface area contributed by atoms with Gasteiger partial charge >= 0.3 is 11.7 Å². The minimum atomic E-state index is -1.17. The van der Waals surface area contributed by atoms with Crippen LogP contribution in [0.2, 0.25) is 5.02 Å². The SMILES string of the molecule is Cc1cc(=O)n(-c2cc(Oc3ccccc3OC(C)C(=O)O)c(Cl)cc2F)c(=O)n1C. The van der Waals surface area contributed by atoms with Crippen molar-refractivity contribution in [1.29, 1.82) is 0 Å². The Morgan fingerprint density at radius 1 is 1.13 bits per heavy atom. The van der Waals surface area contributed by atoms with Crippen molar-refractivity contribution in [3.05, 3.63) is 79.8 Å². The van der Waals surface area contributed by atoms with E-state index < -0.39 is 29.1 Å². The summed E-state index contributed by atoms with van der Waals surface area (Å²) in [5.74, 6) is -1.91. The normalized spacial score (nSPS) is 11.8. The van der Waals surface area contributed by atoms with Crippen molar-refractivity contribution in [2.24, 2.45) is 7.05 Å². The van der Waals surface area contributed by atoms with Crippen molar-refractivity contribution in [3.63, 3.8) is 0 Å². The van der Waals surface area contributed by atoms with Gasteiger partial charge in [-0.15, -0.1) is 0 Å². The second-order valence-electron chi connectivity index (χ2n) is 6.68. The van der Waals surface area contributed by atoms with Crippen LogP contribution in [-0.2, 0) is 11.8 Å². The molecule has 1 aromatic heterocycles. The molecule has 10 heteroatoms. The molecule has 162 valence electrons. The molecule has 0 amide bonds. The van der Waals surface area contributed by atoms with Crippen LogP contribution in [0.3, 0.4) is 0 Å². The van der Waals surface area contributed by atoms with Gasteiger partial charge in [-0.1, -0.05) is 23.7 Å². The Morgan fingerprint density at radius 3 is 2.42 bits per heavy atom. The van der Waals surface area contributed by atoms with Crippen LogP contribution in [0.4, 0.5) is 4.39 Å². The third kappa shape index (κ3) is 4.46. The molecule has 1 N–H and O–H groups in total. The number of ether oxygens (including phenoxy) is 2. The number of rotatable bonds is 6. The van der Waals surface area contributed by atoms with E-state index in [0.29, 0.717) is 10.3 Å². The molecular weight excluding hydrogens is 431 g/mol. The molecule has 0 radical (unpaired) electrons. The van der Waals surface area contributed by atoms with Gasteiger partial charge in [0.1, 0.15) is 11.6 Å². The molecule has 1 unspecified atom stereocenters. The van der Waals surface area contributed by atoms with Gasteiger partial charge in [0.05, 0.1) is 10.7 Å². The number of halogens is 2. The van der Waals surface area contributed by atoms with Crippen LogP contribution in [0.25, 0.3) is 5.69 Å². The molecule has 0 saturated carbocycles. The van der Waals surface area contributed by atoms with Crippen LogP contribution >= 0.6 is 11.6 Å². The van der Waals surface area contributed by atoms with Crippen molar-refractivity contribution >= 4 is 17.6 Å². The summed E-state index contributed by atoms with van der Waals surface area (Å²) in [6.07, 6.45) is -1.15. The van der Waals surface area contributed by atoms with E-state index in [1.165, 1.54) is 36.7 Å². The zero-order valence-electron chi connectivity index (χ0n) is 16.8. The first-order chi connectivity index (χ1) is 14.6. The Morgan fingerprint density at radius 2 is 1.77 bits per heavy atom. The lowest BCUT2D eigenvalue weighted by Crippen LogP contribution is -2.38. The fraction of sp³-hybridized carbons (Fsp3) is 0.190. The van der Waals surface area contributed by atoms with Crippen LogP contribution in [0.15, 0.2) is 52.1 Å². The number of hydrogen-bond acceptors (Lipinski definition) is 5. The van der Waals surface area contributed by atoms with Gasteiger partial charge in [0.15, 0.2) is 17.6 Å². The average Bonchev–Trinajstić information content (AvgIpc) is 2.70. The zero-order chi connectivity index (χ0) is 22.9. The number of carboxylic acids is 1. The molecule has 1 heterocycles. The lowest BCUT2D eigenvalue weighted by molar-refractivity contribution is -0.144. The van der Waals surface area contributed by atoms with E-state index in [9.17, 15) is 18.8 Å². The molecule has 3 rings (SSSR count). The summed E-state index contributed by atoms with van der Waals surface area (Å²) in [4.78, 5) is 36.0. The Bertz CT molecular complexity index is 1280. The molecule has 8 nitrogen and oxygen atoms in total. The number of aliphatic carboxylic acids is 1. The van der Waals surface area contributed by atoms with E-state index in [1.807, 2.05) is 0 Å². The van der Waals surface area contributed by atoms with Gasteiger partial charge in [-0.2, -0.15) is 0 Å². The summed E-state index contributed by atoms with van der Waals surface area (Å²) >= 11 is 6.11. The third-order valence-electron chi connectivity index (χ3n) is 4.52. The summed E-state index contributed by atoms with van der Waals surface area (Å²) in [5, 5.41) is 8.94. The number of hydrogen-bond donors (Lipinski definition) is 1. The maximum atomic E-state index is 14.6. The summed E-state index contributed by atoms with van der Waals surface area (Å²) < 4.78 is 27.6. The second-order valence-corrected chi connectivity index (χ2v) is 7.09. The van der Waals surface area contributed by atoms with Crippen molar-refractivity contribution in [2.45, 2.75) is 20.0 Å². The number of carboxylic acid groups (broad SMARTS) is 1. The molecule has 0 aliphatic heterocycles. The van der Waals surface area contributed by atoms with Crippen LogP contribution in [0.5, 0.6) is 17.2 Å². The van der Waals surface area contributed by atoms with Crippen molar-refractivity contribution in [1.82, 2.24) is 9.13 Å². The molecule has 0 fully saturated rings. The van der Waals surface area contributed by atoms with E-state index in [1.54, 1.807) is 19.1 Å². The lowest BCUT2D eigenvalue weighted by Gasteiger charge is -2.16. The highest BCUT2D eigenvalue weighted by Gasteiger charge is 2.19. The van der Waals surface area contributed by atoms with Crippen LogP contribution in [-0.4, -0.2) is 26.3 Å². The molecule has 2 aromatic carbocycles. The topological polar surface area (TPSA) is 99.8 Å². The van der Waals surface area contributed by atoms with E-state index in [0.717, 1.165) is 12.1 Å². The maximum Gasteiger partial charge on any atom is 0.344 e. The molecule has 3 aromatic rings. The summed E-state index contributed by atoms with van der Waals surface area (Å²) in [6, 6.07) is 9.46. The van der Waals surface area contributed by atoms with E-state index in [-0.39, 0.29) is 28.0 Å². The van der Waals surface area contributed by atoms with Crippen LogP contribution in [0.1, 0.15) is 12.6 Å².